The van der Waals surface area contributed by atoms with Crippen LogP contribution in [0.15, 0.2) is 35.3 Å². The number of anilines is 1. The predicted molar refractivity (Wildman–Crippen MR) is 93.2 cm³/mol. The van der Waals surface area contributed by atoms with Gasteiger partial charge in [-0.15, -0.1) is 0 Å². The van der Waals surface area contributed by atoms with Crippen LogP contribution in [0.3, 0.4) is 0 Å². The minimum Gasteiger partial charge on any atom is -0.370 e. The summed E-state index contributed by atoms with van der Waals surface area (Å²) >= 11 is 0. The van der Waals surface area contributed by atoms with E-state index in [1.54, 1.807) is 0 Å². The Morgan fingerprint density at radius 2 is 1.95 bits per heavy atom. The molecule has 0 atom stereocenters. The zero-order valence-corrected chi connectivity index (χ0v) is 13.6. The molecule has 0 bridgehead atoms. The molecule has 1 aromatic rings. The molecule has 0 aromatic heterocycles. The minimum atomic E-state index is -0.368. The van der Waals surface area contributed by atoms with Crippen molar-refractivity contribution in [3.05, 3.63) is 41.5 Å². The maximum Gasteiger partial charge on any atom is 0.326 e. The number of amides is 2. The lowest BCUT2D eigenvalue weighted by Gasteiger charge is -2.12. The lowest BCUT2D eigenvalue weighted by molar-refractivity contribution is 0.256. The molecular formula is C17H26N4O. The van der Waals surface area contributed by atoms with Crippen molar-refractivity contribution in [2.24, 2.45) is 10.7 Å². The number of carbonyl (C=O) groups excluding carboxylic acids is 1. The molecule has 2 amide bonds. The summed E-state index contributed by atoms with van der Waals surface area (Å²) in [6, 6.07) is 5.49. The highest BCUT2D eigenvalue weighted by atomic mass is 16.2. The molecule has 0 spiro atoms. The van der Waals surface area contributed by atoms with Crippen molar-refractivity contribution in [1.29, 1.82) is 0 Å². The molecule has 0 unspecified atom stereocenters. The third kappa shape index (κ3) is 6.43. The number of benzene rings is 1. The van der Waals surface area contributed by atoms with E-state index in [1.165, 1.54) is 0 Å². The first-order valence-electron chi connectivity index (χ1n) is 7.60. The van der Waals surface area contributed by atoms with Crippen molar-refractivity contribution in [3.8, 4) is 0 Å². The van der Waals surface area contributed by atoms with Gasteiger partial charge in [-0.25, -0.2) is 4.79 Å². The molecule has 0 saturated carbocycles. The van der Waals surface area contributed by atoms with Crippen LogP contribution in [0, 0.1) is 13.8 Å². The molecule has 4 N–H and O–H groups in total. The normalized spacial score (nSPS) is 11.7. The molecule has 1 rings (SSSR count). The fourth-order valence-electron chi connectivity index (χ4n) is 2.05. The molecule has 0 saturated heterocycles. The molecule has 22 heavy (non-hydrogen) atoms. The van der Waals surface area contributed by atoms with Crippen molar-refractivity contribution < 1.29 is 4.79 Å². The number of rotatable bonds is 6. The molecule has 0 aliphatic heterocycles. The van der Waals surface area contributed by atoms with Gasteiger partial charge in [-0.2, -0.15) is 0 Å². The molecule has 0 fully saturated rings. The number of nitrogens with zero attached hydrogens (tertiary/aromatic N) is 1. The highest BCUT2D eigenvalue weighted by Gasteiger charge is 2.07. The van der Waals surface area contributed by atoms with E-state index in [-0.39, 0.29) is 12.0 Å². The Kier molecular flexibility index (Phi) is 7.75. The van der Waals surface area contributed by atoms with Gasteiger partial charge in [0, 0.05) is 12.2 Å². The monoisotopic (exact) mass is 302 g/mol. The molecule has 0 heterocycles. The first-order valence-corrected chi connectivity index (χ1v) is 7.60. The van der Waals surface area contributed by atoms with Gasteiger partial charge in [0.05, 0.1) is 0 Å². The van der Waals surface area contributed by atoms with Crippen molar-refractivity contribution in [2.75, 3.05) is 11.9 Å². The summed E-state index contributed by atoms with van der Waals surface area (Å²) in [6.45, 7) is 6.53. The summed E-state index contributed by atoms with van der Waals surface area (Å²) in [5.74, 6) is 0.148. The number of unbranched alkanes of at least 4 members (excludes halogenated alkanes) is 2. The number of hydrogen-bond donors (Lipinski definition) is 3. The zero-order valence-electron chi connectivity index (χ0n) is 13.6. The third-order valence-corrected chi connectivity index (χ3v) is 3.26. The summed E-state index contributed by atoms with van der Waals surface area (Å²) in [5, 5.41) is 5.36. The average molecular weight is 302 g/mol. The Hall–Kier alpha value is -2.30. The van der Waals surface area contributed by atoms with E-state index in [0.717, 1.165) is 36.1 Å². The van der Waals surface area contributed by atoms with Gasteiger partial charge in [0.25, 0.3) is 0 Å². The van der Waals surface area contributed by atoms with E-state index < -0.39 is 0 Å². The number of allylic oxidation sites excluding steroid dienone is 2. The predicted octanol–water partition coefficient (Wildman–Crippen LogP) is 3.49. The van der Waals surface area contributed by atoms with Crippen molar-refractivity contribution in [3.63, 3.8) is 0 Å². The van der Waals surface area contributed by atoms with Crippen LogP contribution < -0.4 is 16.4 Å². The molecule has 0 aliphatic rings. The van der Waals surface area contributed by atoms with Gasteiger partial charge in [-0.1, -0.05) is 30.4 Å². The van der Waals surface area contributed by atoms with Crippen LogP contribution in [0.25, 0.3) is 0 Å². The van der Waals surface area contributed by atoms with Crippen molar-refractivity contribution in [1.82, 2.24) is 5.32 Å². The summed E-state index contributed by atoms with van der Waals surface area (Å²) in [5.41, 5.74) is 8.53. The fraction of sp³-hybridized carbons (Fsp3) is 0.412. The van der Waals surface area contributed by atoms with Crippen LogP contribution >= 0.6 is 0 Å². The average Bonchev–Trinajstić information content (AvgIpc) is 2.46. The molecule has 0 aliphatic carbocycles. The number of aryl methyl sites for hydroxylation is 2. The zero-order chi connectivity index (χ0) is 16.4. The molecular weight excluding hydrogens is 276 g/mol. The SMILES string of the molecule is CC=CCCCCN=C(N)NC(=O)Nc1c(C)cccc1C. The van der Waals surface area contributed by atoms with Crippen LogP contribution in [0.5, 0.6) is 0 Å². The number of guanidine groups is 1. The van der Waals surface area contributed by atoms with Gasteiger partial charge in [-0.3, -0.25) is 10.3 Å². The molecule has 5 heteroatoms. The van der Waals surface area contributed by atoms with E-state index in [4.69, 9.17) is 5.73 Å². The number of urea groups is 1. The number of hydrogen-bond acceptors (Lipinski definition) is 2. The third-order valence-electron chi connectivity index (χ3n) is 3.26. The van der Waals surface area contributed by atoms with E-state index >= 15 is 0 Å². The molecule has 0 radical (unpaired) electrons. The topological polar surface area (TPSA) is 79.5 Å². The summed E-state index contributed by atoms with van der Waals surface area (Å²) in [4.78, 5) is 16.1. The Morgan fingerprint density at radius 1 is 1.27 bits per heavy atom. The van der Waals surface area contributed by atoms with Crippen molar-refractivity contribution >= 4 is 17.7 Å². The Balaban J connectivity index is 2.41. The van der Waals surface area contributed by atoms with Gasteiger partial charge >= 0.3 is 6.03 Å². The fourth-order valence-corrected chi connectivity index (χ4v) is 2.05. The highest BCUT2D eigenvalue weighted by molar-refractivity contribution is 6.02. The van der Waals surface area contributed by atoms with E-state index in [2.05, 4.69) is 21.7 Å². The lowest BCUT2D eigenvalue weighted by Crippen LogP contribution is -2.40. The summed E-state index contributed by atoms with van der Waals surface area (Å²) < 4.78 is 0. The van der Waals surface area contributed by atoms with E-state index in [0.29, 0.717) is 6.54 Å². The first kappa shape index (κ1) is 17.8. The number of nitrogens with two attached hydrogens (primary N) is 1. The van der Waals surface area contributed by atoms with Crippen LogP contribution in [-0.4, -0.2) is 18.5 Å². The van der Waals surface area contributed by atoms with E-state index in [9.17, 15) is 4.79 Å². The quantitative estimate of drug-likeness (QED) is 0.325. The standard InChI is InChI=1S/C17H26N4O/c1-4-5-6-7-8-12-19-16(18)21-17(22)20-15-13(2)10-9-11-14(15)3/h4-5,9-11H,6-8,12H2,1-3H3,(H4,18,19,20,21,22). The Morgan fingerprint density at radius 3 is 2.59 bits per heavy atom. The van der Waals surface area contributed by atoms with Gasteiger partial charge in [0.15, 0.2) is 5.96 Å². The molecule has 1 aromatic carbocycles. The van der Waals surface area contributed by atoms with Crippen LogP contribution in [0.4, 0.5) is 10.5 Å². The first-order chi connectivity index (χ1) is 10.5. The van der Waals surface area contributed by atoms with Crippen molar-refractivity contribution in [2.45, 2.75) is 40.0 Å². The highest BCUT2D eigenvalue weighted by Crippen LogP contribution is 2.18. The molecule has 5 nitrogen and oxygen atoms in total. The van der Waals surface area contributed by atoms with Crippen LogP contribution in [0.1, 0.15) is 37.3 Å². The number of carbonyl (C=O) groups is 1. The maximum absolute atomic E-state index is 11.9. The van der Waals surface area contributed by atoms with Gasteiger partial charge in [0.2, 0.25) is 0 Å². The second kappa shape index (κ2) is 9.60. The summed E-state index contributed by atoms with van der Waals surface area (Å²) in [6.07, 6.45) is 7.23. The Bertz CT molecular complexity index is 529. The van der Waals surface area contributed by atoms with E-state index in [1.807, 2.05) is 45.0 Å². The van der Waals surface area contributed by atoms with Gasteiger partial charge in [0.1, 0.15) is 0 Å². The number of para-hydroxylation sites is 1. The largest absolute Gasteiger partial charge is 0.370 e. The number of nitrogens with one attached hydrogen (secondary N) is 2. The maximum atomic E-state index is 11.9. The van der Waals surface area contributed by atoms with Gasteiger partial charge in [-0.05, 0) is 51.2 Å². The number of aliphatic imine (C=N–C) groups is 1. The Labute approximate surface area is 132 Å². The second-order valence-corrected chi connectivity index (χ2v) is 5.18. The lowest BCUT2D eigenvalue weighted by atomic mass is 10.1. The van der Waals surface area contributed by atoms with Crippen LogP contribution in [0.2, 0.25) is 0 Å². The second-order valence-electron chi connectivity index (χ2n) is 5.18. The van der Waals surface area contributed by atoms with Crippen LogP contribution in [-0.2, 0) is 0 Å². The summed E-state index contributed by atoms with van der Waals surface area (Å²) in [7, 11) is 0. The van der Waals surface area contributed by atoms with Gasteiger partial charge < -0.3 is 11.1 Å². The minimum absolute atomic E-state index is 0.148. The molecule has 120 valence electrons. The smallest absolute Gasteiger partial charge is 0.326 e.